The minimum absolute atomic E-state index is 0.0507. The van der Waals surface area contributed by atoms with Crippen LogP contribution in [0.5, 0.6) is 11.5 Å². The number of nitrogens with two attached hydrogens (primary N) is 1. The second-order valence-corrected chi connectivity index (χ2v) is 3.73. The van der Waals surface area contributed by atoms with Crippen LogP contribution in [0.15, 0.2) is 47.8 Å². The molecule has 2 aromatic rings. The van der Waals surface area contributed by atoms with E-state index in [0.717, 1.165) is 11.3 Å². The summed E-state index contributed by atoms with van der Waals surface area (Å²) in [5.74, 6) is 1.29. The third kappa shape index (κ3) is 2.57. The minimum Gasteiger partial charge on any atom is -0.457 e. The van der Waals surface area contributed by atoms with Crippen LogP contribution in [0, 0.1) is 6.92 Å². The molecule has 18 heavy (non-hydrogen) atoms. The molecule has 0 saturated heterocycles. The van der Waals surface area contributed by atoms with Gasteiger partial charge < -0.3 is 15.7 Å². The summed E-state index contributed by atoms with van der Waals surface area (Å²) >= 11 is 0. The van der Waals surface area contributed by atoms with Gasteiger partial charge in [-0.15, -0.1) is 0 Å². The highest BCUT2D eigenvalue weighted by Gasteiger charge is 2.05. The summed E-state index contributed by atoms with van der Waals surface area (Å²) in [6.45, 7) is 1.96. The van der Waals surface area contributed by atoms with Crippen molar-refractivity contribution < 1.29 is 9.94 Å². The number of hydrogen-bond donors (Lipinski definition) is 2. The molecule has 0 aliphatic heterocycles. The van der Waals surface area contributed by atoms with Crippen molar-refractivity contribution in [2.75, 3.05) is 0 Å². The largest absolute Gasteiger partial charge is 0.457 e. The zero-order valence-electron chi connectivity index (χ0n) is 9.87. The number of aromatic nitrogens is 1. The smallest absolute Gasteiger partial charge is 0.188 e. The van der Waals surface area contributed by atoms with E-state index in [2.05, 4.69) is 10.1 Å². The Kier molecular flexibility index (Phi) is 3.43. The van der Waals surface area contributed by atoms with Crippen molar-refractivity contribution in [3.63, 3.8) is 0 Å². The standard InChI is InChI=1S/C13H13N3O2/c1-9-4-2-3-5-12(9)18-10-6-7-15-11(8-10)13(14)16-17/h2-8,17H,1H3,(H2,14,16). The van der Waals surface area contributed by atoms with E-state index in [4.69, 9.17) is 15.7 Å². The molecule has 3 N–H and O–H groups in total. The highest BCUT2D eigenvalue weighted by atomic mass is 16.5. The van der Waals surface area contributed by atoms with Crippen LogP contribution in [0.25, 0.3) is 0 Å². The van der Waals surface area contributed by atoms with Gasteiger partial charge in [-0.25, -0.2) is 0 Å². The lowest BCUT2D eigenvalue weighted by atomic mass is 10.2. The van der Waals surface area contributed by atoms with Crippen LogP contribution in [0.4, 0.5) is 0 Å². The Labute approximate surface area is 105 Å². The molecule has 2 rings (SSSR count). The van der Waals surface area contributed by atoms with E-state index in [-0.39, 0.29) is 5.84 Å². The van der Waals surface area contributed by atoms with Gasteiger partial charge in [0.1, 0.15) is 17.2 Å². The van der Waals surface area contributed by atoms with Gasteiger partial charge in [-0.1, -0.05) is 23.4 Å². The molecule has 1 heterocycles. The molecule has 1 aromatic carbocycles. The van der Waals surface area contributed by atoms with Crippen LogP contribution >= 0.6 is 0 Å². The van der Waals surface area contributed by atoms with E-state index in [0.29, 0.717) is 11.4 Å². The normalized spacial score (nSPS) is 11.3. The van der Waals surface area contributed by atoms with Gasteiger partial charge in [0.25, 0.3) is 0 Å². The molecule has 0 unspecified atom stereocenters. The van der Waals surface area contributed by atoms with E-state index >= 15 is 0 Å². The molecule has 0 atom stereocenters. The van der Waals surface area contributed by atoms with Crippen molar-refractivity contribution in [1.29, 1.82) is 0 Å². The predicted molar refractivity (Wildman–Crippen MR) is 68.0 cm³/mol. The highest BCUT2D eigenvalue weighted by molar-refractivity contribution is 5.95. The van der Waals surface area contributed by atoms with E-state index < -0.39 is 0 Å². The van der Waals surface area contributed by atoms with E-state index in [1.807, 2.05) is 31.2 Å². The number of oxime groups is 1. The average molecular weight is 243 g/mol. The van der Waals surface area contributed by atoms with Gasteiger partial charge in [0, 0.05) is 12.3 Å². The Hall–Kier alpha value is -2.56. The molecule has 1 aromatic heterocycles. The van der Waals surface area contributed by atoms with E-state index in [1.165, 1.54) is 0 Å². The Balaban J connectivity index is 2.28. The first-order valence-corrected chi connectivity index (χ1v) is 5.38. The zero-order chi connectivity index (χ0) is 13.0. The molecule has 5 heteroatoms. The van der Waals surface area contributed by atoms with Crippen LogP contribution in [-0.2, 0) is 0 Å². The molecule has 0 radical (unpaired) electrons. The summed E-state index contributed by atoms with van der Waals surface area (Å²) in [6, 6.07) is 11.0. The highest BCUT2D eigenvalue weighted by Crippen LogP contribution is 2.24. The third-order valence-corrected chi connectivity index (χ3v) is 2.42. The SMILES string of the molecule is Cc1ccccc1Oc1ccnc(/C(N)=N/O)c1. The molecule has 0 spiro atoms. The minimum atomic E-state index is -0.0507. The maximum absolute atomic E-state index is 8.60. The van der Waals surface area contributed by atoms with Gasteiger partial charge in [-0.2, -0.15) is 0 Å². The van der Waals surface area contributed by atoms with Crippen molar-refractivity contribution in [2.24, 2.45) is 10.9 Å². The number of benzene rings is 1. The van der Waals surface area contributed by atoms with Crippen molar-refractivity contribution in [3.05, 3.63) is 53.9 Å². The van der Waals surface area contributed by atoms with Crippen LogP contribution in [0.2, 0.25) is 0 Å². The maximum atomic E-state index is 8.60. The number of aryl methyl sites for hydroxylation is 1. The molecule has 0 bridgehead atoms. The van der Waals surface area contributed by atoms with Crippen molar-refractivity contribution >= 4 is 5.84 Å². The van der Waals surface area contributed by atoms with Gasteiger partial charge >= 0.3 is 0 Å². The number of ether oxygens (including phenoxy) is 1. The van der Waals surface area contributed by atoms with Crippen molar-refractivity contribution in [3.8, 4) is 11.5 Å². The van der Waals surface area contributed by atoms with Crippen LogP contribution < -0.4 is 10.5 Å². The summed E-state index contributed by atoms with van der Waals surface area (Å²) in [5.41, 5.74) is 6.86. The molecule has 5 nitrogen and oxygen atoms in total. The fourth-order valence-electron chi connectivity index (χ4n) is 1.46. The fraction of sp³-hybridized carbons (Fsp3) is 0.0769. The molecule has 0 aliphatic carbocycles. The van der Waals surface area contributed by atoms with E-state index in [9.17, 15) is 0 Å². The van der Waals surface area contributed by atoms with Gasteiger partial charge in [0.05, 0.1) is 0 Å². The Morgan fingerprint density at radius 2 is 2.11 bits per heavy atom. The molecule has 0 aliphatic rings. The summed E-state index contributed by atoms with van der Waals surface area (Å²) in [4.78, 5) is 3.98. The quantitative estimate of drug-likeness (QED) is 0.375. The molecule has 0 amide bonds. The summed E-state index contributed by atoms with van der Waals surface area (Å²) in [6.07, 6.45) is 1.54. The number of hydrogen-bond acceptors (Lipinski definition) is 4. The van der Waals surface area contributed by atoms with Crippen molar-refractivity contribution in [1.82, 2.24) is 4.98 Å². The summed E-state index contributed by atoms with van der Waals surface area (Å²) in [5, 5.41) is 11.5. The van der Waals surface area contributed by atoms with Crippen LogP contribution in [0.1, 0.15) is 11.3 Å². The first-order chi connectivity index (χ1) is 8.70. The van der Waals surface area contributed by atoms with Gasteiger partial charge in [0.2, 0.25) is 0 Å². The first-order valence-electron chi connectivity index (χ1n) is 5.38. The van der Waals surface area contributed by atoms with Crippen LogP contribution in [-0.4, -0.2) is 16.0 Å². The number of rotatable bonds is 3. The zero-order valence-corrected chi connectivity index (χ0v) is 9.87. The van der Waals surface area contributed by atoms with Crippen LogP contribution in [0.3, 0.4) is 0 Å². The monoisotopic (exact) mass is 243 g/mol. The Morgan fingerprint density at radius 3 is 2.83 bits per heavy atom. The molecule has 0 fully saturated rings. The number of para-hydroxylation sites is 1. The number of pyridine rings is 1. The van der Waals surface area contributed by atoms with Gasteiger partial charge in [-0.05, 0) is 24.6 Å². The van der Waals surface area contributed by atoms with Gasteiger partial charge in [-0.3, -0.25) is 4.98 Å². The second kappa shape index (κ2) is 5.18. The average Bonchev–Trinajstić information content (AvgIpc) is 2.41. The van der Waals surface area contributed by atoms with E-state index in [1.54, 1.807) is 18.3 Å². The lowest BCUT2D eigenvalue weighted by Gasteiger charge is -2.08. The molecule has 0 saturated carbocycles. The lowest BCUT2D eigenvalue weighted by Crippen LogP contribution is -2.14. The summed E-state index contributed by atoms with van der Waals surface area (Å²) < 4.78 is 5.71. The topological polar surface area (TPSA) is 80.7 Å². The molecular formula is C13H13N3O2. The van der Waals surface area contributed by atoms with Gasteiger partial charge in [0.15, 0.2) is 5.84 Å². The Morgan fingerprint density at radius 1 is 1.33 bits per heavy atom. The van der Waals surface area contributed by atoms with Crippen molar-refractivity contribution in [2.45, 2.75) is 6.92 Å². The lowest BCUT2D eigenvalue weighted by molar-refractivity contribution is 0.318. The fourth-order valence-corrected chi connectivity index (χ4v) is 1.46. The maximum Gasteiger partial charge on any atom is 0.188 e. The second-order valence-electron chi connectivity index (χ2n) is 3.73. The third-order valence-electron chi connectivity index (χ3n) is 2.42. The molecular weight excluding hydrogens is 230 g/mol. The Bertz CT molecular complexity index is 582. The molecule has 92 valence electrons. The summed E-state index contributed by atoms with van der Waals surface area (Å²) in [7, 11) is 0. The predicted octanol–water partition coefficient (Wildman–Crippen LogP) is 2.28. The number of nitrogens with zero attached hydrogens (tertiary/aromatic N) is 2. The number of amidine groups is 1. The first kappa shape index (κ1) is 11.9.